The smallest absolute Gasteiger partial charge is 0.338 e. The maximum absolute atomic E-state index is 12.5. The van der Waals surface area contributed by atoms with Gasteiger partial charge in [0.15, 0.2) is 6.61 Å². The van der Waals surface area contributed by atoms with Gasteiger partial charge in [-0.2, -0.15) is 0 Å². The molecule has 2 heterocycles. The molecule has 4 rings (SSSR count). The number of H-pyrrole nitrogens is 1. The highest BCUT2D eigenvalue weighted by Gasteiger charge is 2.16. The van der Waals surface area contributed by atoms with E-state index in [0.717, 1.165) is 5.56 Å². The lowest BCUT2D eigenvalue weighted by Gasteiger charge is -2.13. The van der Waals surface area contributed by atoms with Crippen LogP contribution in [0.2, 0.25) is 5.02 Å². The molecule has 33 heavy (non-hydrogen) atoms. The molecule has 2 aromatic carbocycles. The number of carbonyl (C=O) groups is 2. The van der Waals surface area contributed by atoms with E-state index < -0.39 is 18.5 Å². The number of aromatic amines is 1. The number of hydrogen-bond donors (Lipinski definition) is 2. The van der Waals surface area contributed by atoms with Crippen molar-refractivity contribution in [2.75, 3.05) is 26.1 Å². The fourth-order valence-corrected chi connectivity index (χ4v) is 3.38. The van der Waals surface area contributed by atoms with Crippen molar-refractivity contribution in [1.29, 1.82) is 0 Å². The number of anilines is 1. The third kappa shape index (κ3) is 4.88. The Labute approximate surface area is 193 Å². The molecule has 1 amide bonds. The highest BCUT2D eigenvalue weighted by Crippen LogP contribution is 2.35. The van der Waals surface area contributed by atoms with Crippen molar-refractivity contribution in [3.8, 4) is 22.9 Å². The summed E-state index contributed by atoms with van der Waals surface area (Å²) in [5, 5.41) is 2.90. The Hall–Kier alpha value is -4.11. The SMILES string of the molecule is COc1cc(OC)c(NC(=O)COC(=O)c2ccc3nc(-c4cccnc4)[nH]c3c2)cc1Cl. The summed E-state index contributed by atoms with van der Waals surface area (Å²) in [5.74, 6) is 0.188. The van der Waals surface area contributed by atoms with Gasteiger partial charge in [-0.15, -0.1) is 0 Å². The van der Waals surface area contributed by atoms with Crippen LogP contribution in [0.25, 0.3) is 22.4 Å². The van der Waals surface area contributed by atoms with E-state index in [1.54, 1.807) is 36.7 Å². The van der Waals surface area contributed by atoms with E-state index in [1.807, 2.05) is 12.1 Å². The number of nitrogens with one attached hydrogen (secondary N) is 2. The fourth-order valence-electron chi connectivity index (χ4n) is 3.13. The lowest BCUT2D eigenvalue weighted by molar-refractivity contribution is -0.119. The first-order valence-electron chi connectivity index (χ1n) is 9.77. The van der Waals surface area contributed by atoms with Crippen LogP contribution in [0.4, 0.5) is 5.69 Å². The zero-order valence-corrected chi connectivity index (χ0v) is 18.5. The molecular weight excluding hydrogens is 448 g/mol. The molecule has 2 N–H and O–H groups in total. The number of hydrogen-bond acceptors (Lipinski definition) is 7. The van der Waals surface area contributed by atoms with Gasteiger partial charge in [-0.05, 0) is 36.4 Å². The van der Waals surface area contributed by atoms with Crippen LogP contribution >= 0.6 is 11.6 Å². The molecule has 168 valence electrons. The number of carbonyl (C=O) groups excluding carboxylic acids is 2. The van der Waals surface area contributed by atoms with Crippen LogP contribution in [0.15, 0.2) is 54.9 Å². The average molecular weight is 467 g/mol. The Balaban J connectivity index is 1.42. The second-order valence-electron chi connectivity index (χ2n) is 6.87. The minimum Gasteiger partial charge on any atom is -0.495 e. The van der Waals surface area contributed by atoms with Crippen LogP contribution in [-0.4, -0.2) is 47.7 Å². The molecule has 0 atom stereocenters. The van der Waals surface area contributed by atoms with Gasteiger partial charge in [0.25, 0.3) is 5.91 Å². The molecule has 4 aromatic rings. The minimum atomic E-state index is -0.649. The van der Waals surface area contributed by atoms with Crippen molar-refractivity contribution in [3.05, 3.63) is 65.4 Å². The topological polar surface area (TPSA) is 115 Å². The molecule has 0 saturated carbocycles. The Morgan fingerprint density at radius 1 is 1.09 bits per heavy atom. The van der Waals surface area contributed by atoms with Crippen LogP contribution in [0, 0.1) is 0 Å². The predicted molar refractivity (Wildman–Crippen MR) is 123 cm³/mol. The first kappa shape index (κ1) is 22.1. The number of pyridine rings is 1. The van der Waals surface area contributed by atoms with Crippen LogP contribution < -0.4 is 14.8 Å². The third-order valence-electron chi connectivity index (χ3n) is 4.73. The van der Waals surface area contributed by atoms with E-state index in [0.29, 0.717) is 39.1 Å². The Kier molecular flexibility index (Phi) is 6.41. The molecule has 10 heteroatoms. The fraction of sp³-hybridized carbons (Fsp3) is 0.130. The van der Waals surface area contributed by atoms with E-state index in [1.165, 1.54) is 20.3 Å². The first-order valence-corrected chi connectivity index (χ1v) is 10.1. The van der Waals surface area contributed by atoms with Gasteiger partial charge in [0.05, 0.1) is 41.5 Å². The molecular formula is C23H19ClN4O5. The largest absolute Gasteiger partial charge is 0.495 e. The summed E-state index contributed by atoms with van der Waals surface area (Å²) in [4.78, 5) is 36.5. The predicted octanol–water partition coefficient (Wildman–Crippen LogP) is 4.09. The van der Waals surface area contributed by atoms with Crippen LogP contribution in [0.1, 0.15) is 10.4 Å². The highest BCUT2D eigenvalue weighted by atomic mass is 35.5. The Morgan fingerprint density at radius 2 is 1.91 bits per heavy atom. The summed E-state index contributed by atoms with van der Waals surface area (Å²) in [5.41, 5.74) is 2.77. The van der Waals surface area contributed by atoms with Crippen molar-refractivity contribution in [2.24, 2.45) is 0 Å². The maximum atomic E-state index is 12.5. The van der Waals surface area contributed by atoms with Gasteiger partial charge in [0.1, 0.15) is 17.3 Å². The standard InChI is InChI=1S/C23H19ClN4O5/c1-31-19-10-20(32-2)18(9-15(19)24)26-21(29)12-33-23(30)13-5-6-16-17(8-13)28-22(27-16)14-4-3-7-25-11-14/h3-11H,12H2,1-2H3,(H,26,29)(H,27,28). The number of rotatable bonds is 7. The number of imidazole rings is 1. The normalized spacial score (nSPS) is 10.6. The second kappa shape index (κ2) is 9.58. The van der Waals surface area contributed by atoms with E-state index in [4.69, 9.17) is 25.8 Å². The van der Waals surface area contributed by atoms with Gasteiger partial charge < -0.3 is 24.5 Å². The molecule has 0 radical (unpaired) electrons. The number of fused-ring (bicyclic) bond motifs is 1. The van der Waals surface area contributed by atoms with Crippen molar-refractivity contribution >= 4 is 40.2 Å². The summed E-state index contributed by atoms with van der Waals surface area (Å²) in [6, 6.07) is 11.6. The van der Waals surface area contributed by atoms with Crippen LogP contribution in [0.5, 0.6) is 11.5 Å². The number of ether oxygens (including phenoxy) is 3. The number of benzene rings is 2. The average Bonchev–Trinajstić information content (AvgIpc) is 3.27. The summed E-state index contributed by atoms with van der Waals surface area (Å²) >= 11 is 6.11. The number of halogens is 1. The van der Waals surface area contributed by atoms with Crippen molar-refractivity contribution in [3.63, 3.8) is 0 Å². The number of amides is 1. The summed E-state index contributed by atoms with van der Waals surface area (Å²) in [6.07, 6.45) is 3.37. The maximum Gasteiger partial charge on any atom is 0.338 e. The minimum absolute atomic E-state index is 0.279. The highest BCUT2D eigenvalue weighted by molar-refractivity contribution is 6.32. The van der Waals surface area contributed by atoms with Gasteiger partial charge in [0.2, 0.25) is 0 Å². The van der Waals surface area contributed by atoms with Crippen LogP contribution in [-0.2, 0) is 9.53 Å². The van der Waals surface area contributed by atoms with E-state index in [9.17, 15) is 9.59 Å². The zero-order chi connectivity index (χ0) is 23.4. The number of nitrogens with zero attached hydrogens (tertiary/aromatic N) is 2. The number of aromatic nitrogens is 3. The van der Waals surface area contributed by atoms with Gasteiger partial charge in [-0.3, -0.25) is 9.78 Å². The van der Waals surface area contributed by atoms with Crippen molar-refractivity contribution < 1.29 is 23.8 Å². The summed E-state index contributed by atoms with van der Waals surface area (Å²) < 4.78 is 15.5. The van der Waals surface area contributed by atoms with Crippen molar-refractivity contribution in [2.45, 2.75) is 0 Å². The molecule has 0 aliphatic rings. The second-order valence-corrected chi connectivity index (χ2v) is 7.28. The molecule has 0 unspecified atom stereocenters. The Morgan fingerprint density at radius 3 is 2.64 bits per heavy atom. The monoisotopic (exact) mass is 466 g/mol. The van der Waals surface area contributed by atoms with Gasteiger partial charge in [-0.1, -0.05) is 11.6 Å². The van der Waals surface area contributed by atoms with E-state index in [-0.39, 0.29) is 5.56 Å². The first-order chi connectivity index (χ1) is 16.0. The molecule has 9 nitrogen and oxygen atoms in total. The van der Waals surface area contributed by atoms with Gasteiger partial charge >= 0.3 is 5.97 Å². The van der Waals surface area contributed by atoms with E-state index in [2.05, 4.69) is 20.3 Å². The molecule has 2 aromatic heterocycles. The summed E-state index contributed by atoms with van der Waals surface area (Å²) in [7, 11) is 2.92. The van der Waals surface area contributed by atoms with Gasteiger partial charge in [0, 0.05) is 24.0 Å². The number of esters is 1. The lowest BCUT2D eigenvalue weighted by Crippen LogP contribution is -2.21. The zero-order valence-electron chi connectivity index (χ0n) is 17.7. The molecule has 0 aliphatic carbocycles. The molecule has 0 fully saturated rings. The van der Waals surface area contributed by atoms with E-state index >= 15 is 0 Å². The molecule has 0 spiro atoms. The number of methoxy groups -OCH3 is 2. The summed E-state index contributed by atoms with van der Waals surface area (Å²) in [6.45, 7) is -0.492. The lowest BCUT2D eigenvalue weighted by atomic mass is 10.2. The Bertz CT molecular complexity index is 1320. The molecule has 0 aliphatic heterocycles. The quantitative estimate of drug-likeness (QED) is 0.394. The van der Waals surface area contributed by atoms with Gasteiger partial charge in [-0.25, -0.2) is 9.78 Å². The molecule has 0 bridgehead atoms. The molecule has 0 saturated heterocycles. The van der Waals surface area contributed by atoms with Crippen molar-refractivity contribution in [1.82, 2.24) is 15.0 Å². The van der Waals surface area contributed by atoms with Crippen LogP contribution in [0.3, 0.4) is 0 Å². The third-order valence-corrected chi connectivity index (χ3v) is 5.03.